The first-order valence-electron chi connectivity index (χ1n) is 5.29. The van der Waals surface area contributed by atoms with Crippen LogP contribution in [0, 0.1) is 0 Å². The van der Waals surface area contributed by atoms with Gasteiger partial charge in [-0.2, -0.15) is 0 Å². The number of halogens is 2. The smallest absolute Gasteiger partial charge is 0.153 e. The molecular weight excluding hydrogens is 281 g/mol. The molecule has 0 spiro atoms. The van der Waals surface area contributed by atoms with Gasteiger partial charge in [0, 0.05) is 12.1 Å². The molecule has 6 heteroatoms. The van der Waals surface area contributed by atoms with Crippen molar-refractivity contribution in [2.75, 3.05) is 11.5 Å². The second-order valence-corrected chi connectivity index (χ2v) is 7.34. The summed E-state index contributed by atoms with van der Waals surface area (Å²) in [6, 6.07) is 4.95. The normalized spacial score (nSPS) is 27.9. The maximum absolute atomic E-state index is 11.7. The van der Waals surface area contributed by atoms with E-state index in [1.54, 1.807) is 18.2 Å². The fraction of sp³-hybridized carbons (Fsp3) is 0.455. The second-order valence-electron chi connectivity index (χ2n) is 4.37. The van der Waals surface area contributed by atoms with E-state index in [9.17, 15) is 8.42 Å². The summed E-state index contributed by atoms with van der Waals surface area (Å²) in [7, 11) is -2.99. The van der Waals surface area contributed by atoms with Gasteiger partial charge in [0.05, 0.1) is 21.6 Å². The summed E-state index contributed by atoms with van der Waals surface area (Å²) in [5.41, 5.74) is 0.856. The molecule has 1 aromatic rings. The lowest BCUT2D eigenvalue weighted by Crippen LogP contribution is -2.45. The van der Waals surface area contributed by atoms with Crippen LogP contribution in [-0.2, 0) is 9.84 Å². The third-order valence-electron chi connectivity index (χ3n) is 2.76. The molecule has 1 saturated heterocycles. The van der Waals surface area contributed by atoms with Crippen LogP contribution in [0.4, 0.5) is 0 Å². The molecular formula is C11H13Cl2NO2S. The van der Waals surface area contributed by atoms with Crippen LogP contribution in [0.15, 0.2) is 18.2 Å². The van der Waals surface area contributed by atoms with Gasteiger partial charge in [-0.25, -0.2) is 8.42 Å². The molecule has 1 heterocycles. The average molecular weight is 294 g/mol. The lowest BCUT2D eigenvalue weighted by molar-refractivity contribution is 0.469. The first-order chi connectivity index (χ1) is 7.87. The van der Waals surface area contributed by atoms with Gasteiger partial charge in [0.2, 0.25) is 0 Å². The fourth-order valence-electron chi connectivity index (χ4n) is 2.06. The van der Waals surface area contributed by atoms with Crippen LogP contribution in [-0.4, -0.2) is 26.0 Å². The highest BCUT2D eigenvalue weighted by molar-refractivity contribution is 7.91. The zero-order chi connectivity index (χ0) is 12.6. The van der Waals surface area contributed by atoms with E-state index in [4.69, 9.17) is 23.2 Å². The minimum atomic E-state index is -2.99. The van der Waals surface area contributed by atoms with Gasteiger partial charge in [-0.05, 0) is 24.6 Å². The molecule has 0 bridgehead atoms. The van der Waals surface area contributed by atoms with Crippen LogP contribution in [0.2, 0.25) is 10.0 Å². The molecule has 0 aliphatic carbocycles. The Kier molecular flexibility index (Phi) is 3.69. The zero-order valence-electron chi connectivity index (χ0n) is 9.28. The fourth-order valence-corrected chi connectivity index (χ4v) is 4.16. The molecule has 1 aromatic carbocycles. The number of sulfone groups is 1. The minimum absolute atomic E-state index is 0.0480. The molecule has 2 atom stereocenters. The highest BCUT2D eigenvalue weighted by Crippen LogP contribution is 2.28. The minimum Gasteiger partial charge on any atom is -0.306 e. The van der Waals surface area contributed by atoms with Crippen LogP contribution in [0.3, 0.4) is 0 Å². The first-order valence-corrected chi connectivity index (χ1v) is 7.86. The molecule has 1 fully saturated rings. The number of rotatable bonds is 1. The lowest BCUT2D eigenvalue weighted by Gasteiger charge is -2.29. The Balaban J connectivity index is 2.30. The van der Waals surface area contributed by atoms with Crippen molar-refractivity contribution in [2.45, 2.75) is 19.0 Å². The number of hydrogen-bond donors (Lipinski definition) is 1. The van der Waals surface area contributed by atoms with E-state index >= 15 is 0 Å². The first kappa shape index (κ1) is 13.1. The monoisotopic (exact) mass is 293 g/mol. The van der Waals surface area contributed by atoms with Crippen molar-refractivity contribution in [3.8, 4) is 0 Å². The maximum atomic E-state index is 11.7. The van der Waals surface area contributed by atoms with Gasteiger partial charge >= 0.3 is 0 Å². The van der Waals surface area contributed by atoms with Gasteiger partial charge in [0.25, 0.3) is 0 Å². The van der Waals surface area contributed by atoms with Gasteiger partial charge in [-0.3, -0.25) is 0 Å². The molecule has 0 radical (unpaired) electrons. The number of nitrogens with one attached hydrogen (secondary N) is 1. The predicted octanol–water partition coefficient (Wildman–Crippen LogP) is 2.44. The van der Waals surface area contributed by atoms with Crippen molar-refractivity contribution in [1.29, 1.82) is 0 Å². The lowest BCUT2D eigenvalue weighted by atomic mass is 10.1. The summed E-state index contributed by atoms with van der Waals surface area (Å²) < 4.78 is 23.4. The quantitative estimate of drug-likeness (QED) is 0.865. The van der Waals surface area contributed by atoms with Crippen LogP contribution >= 0.6 is 23.2 Å². The third-order valence-corrected chi connectivity index (χ3v) is 5.34. The second kappa shape index (κ2) is 4.76. The van der Waals surface area contributed by atoms with E-state index in [1.165, 1.54) is 0 Å². The molecule has 1 aliphatic heterocycles. The van der Waals surface area contributed by atoms with E-state index < -0.39 is 9.84 Å². The van der Waals surface area contributed by atoms with E-state index in [0.29, 0.717) is 10.0 Å². The number of hydrogen-bond acceptors (Lipinski definition) is 3. The average Bonchev–Trinajstić information content (AvgIpc) is 2.19. The van der Waals surface area contributed by atoms with Gasteiger partial charge in [-0.15, -0.1) is 0 Å². The van der Waals surface area contributed by atoms with E-state index in [1.807, 2.05) is 6.92 Å². The molecule has 3 nitrogen and oxygen atoms in total. The van der Waals surface area contributed by atoms with Crippen LogP contribution in [0.25, 0.3) is 0 Å². The van der Waals surface area contributed by atoms with Crippen molar-refractivity contribution < 1.29 is 8.42 Å². The van der Waals surface area contributed by atoms with E-state index in [0.717, 1.165) is 5.56 Å². The van der Waals surface area contributed by atoms with Crippen LogP contribution in [0.1, 0.15) is 18.5 Å². The molecule has 2 rings (SSSR count). The summed E-state index contributed by atoms with van der Waals surface area (Å²) in [4.78, 5) is 0. The Hall–Kier alpha value is -0.290. The van der Waals surface area contributed by atoms with Crippen molar-refractivity contribution >= 4 is 33.0 Å². The van der Waals surface area contributed by atoms with Crippen molar-refractivity contribution in [3.05, 3.63) is 33.8 Å². The Bertz CT molecular complexity index is 530. The van der Waals surface area contributed by atoms with E-state index in [-0.39, 0.29) is 23.6 Å². The standard InChI is InChI=1S/C11H13Cl2NO2S/c1-7-5-17(15,16)6-11(14-7)8-2-3-9(12)10(13)4-8/h2-4,7,11,14H,5-6H2,1H3. The molecule has 0 saturated carbocycles. The SMILES string of the molecule is CC1CS(=O)(=O)CC(c2ccc(Cl)c(Cl)c2)N1. The summed E-state index contributed by atoms with van der Waals surface area (Å²) in [5.74, 6) is 0.292. The molecule has 2 unspecified atom stereocenters. The van der Waals surface area contributed by atoms with Gasteiger partial charge < -0.3 is 5.32 Å². The highest BCUT2D eigenvalue weighted by atomic mass is 35.5. The highest BCUT2D eigenvalue weighted by Gasteiger charge is 2.29. The van der Waals surface area contributed by atoms with Gasteiger partial charge in [0.15, 0.2) is 9.84 Å². The summed E-state index contributed by atoms with van der Waals surface area (Å²) in [6.45, 7) is 1.86. The molecule has 17 heavy (non-hydrogen) atoms. The molecule has 94 valence electrons. The zero-order valence-corrected chi connectivity index (χ0v) is 11.6. The Morgan fingerprint density at radius 2 is 1.94 bits per heavy atom. The predicted molar refractivity (Wildman–Crippen MR) is 70.5 cm³/mol. The van der Waals surface area contributed by atoms with Gasteiger partial charge in [0.1, 0.15) is 0 Å². The van der Waals surface area contributed by atoms with Crippen molar-refractivity contribution in [3.63, 3.8) is 0 Å². The van der Waals surface area contributed by atoms with Crippen LogP contribution < -0.4 is 5.32 Å². The van der Waals surface area contributed by atoms with E-state index in [2.05, 4.69) is 5.32 Å². The Morgan fingerprint density at radius 3 is 2.53 bits per heavy atom. The molecule has 1 N–H and O–H groups in total. The van der Waals surface area contributed by atoms with Crippen molar-refractivity contribution in [2.24, 2.45) is 0 Å². The maximum Gasteiger partial charge on any atom is 0.153 e. The third kappa shape index (κ3) is 3.13. The van der Waals surface area contributed by atoms with Gasteiger partial charge in [-0.1, -0.05) is 29.3 Å². The molecule has 0 amide bonds. The Labute approximate surface area is 111 Å². The summed E-state index contributed by atoms with van der Waals surface area (Å²) in [5, 5.41) is 4.17. The largest absolute Gasteiger partial charge is 0.306 e. The molecule has 1 aliphatic rings. The summed E-state index contributed by atoms with van der Waals surface area (Å²) in [6.07, 6.45) is 0. The summed E-state index contributed by atoms with van der Waals surface area (Å²) >= 11 is 11.8. The van der Waals surface area contributed by atoms with Crippen molar-refractivity contribution in [1.82, 2.24) is 5.32 Å². The topological polar surface area (TPSA) is 46.2 Å². The Morgan fingerprint density at radius 1 is 1.24 bits per heavy atom. The van der Waals surface area contributed by atoms with Crippen LogP contribution in [0.5, 0.6) is 0 Å². The number of benzene rings is 1. The molecule has 0 aromatic heterocycles.